The summed E-state index contributed by atoms with van der Waals surface area (Å²) in [7, 11) is 0. The van der Waals surface area contributed by atoms with E-state index in [0.29, 0.717) is 11.9 Å². The van der Waals surface area contributed by atoms with Crippen molar-refractivity contribution >= 4 is 28.7 Å². The number of anilines is 1. The van der Waals surface area contributed by atoms with Crippen molar-refractivity contribution in [3.63, 3.8) is 0 Å². The molecule has 10 heteroatoms. The molecule has 1 atom stereocenters. The van der Waals surface area contributed by atoms with Crippen molar-refractivity contribution in [1.29, 1.82) is 5.26 Å². The summed E-state index contributed by atoms with van der Waals surface area (Å²) in [5, 5.41) is 12.0. The maximum absolute atomic E-state index is 13.4. The van der Waals surface area contributed by atoms with Crippen LogP contribution in [-0.2, 0) is 15.8 Å². The van der Waals surface area contributed by atoms with Gasteiger partial charge in [0.2, 0.25) is 0 Å². The first-order valence-electron chi connectivity index (χ1n) is 9.41. The number of pyridine rings is 1. The lowest BCUT2D eigenvalue weighted by atomic mass is 10.0. The van der Waals surface area contributed by atoms with Gasteiger partial charge in [-0.1, -0.05) is 0 Å². The number of amides is 2. The van der Waals surface area contributed by atoms with Crippen molar-refractivity contribution in [2.24, 2.45) is 0 Å². The summed E-state index contributed by atoms with van der Waals surface area (Å²) >= 11 is 0. The number of carbonyl (C=O) groups excluding carboxylic acids is 2. The van der Waals surface area contributed by atoms with Gasteiger partial charge in [-0.3, -0.25) is 9.59 Å². The van der Waals surface area contributed by atoms with E-state index in [1.807, 2.05) is 13.0 Å². The number of alkyl halides is 3. The largest absolute Gasteiger partial charge is 0.417 e. The van der Waals surface area contributed by atoms with E-state index in [9.17, 15) is 22.8 Å². The molecule has 0 saturated carbocycles. The van der Waals surface area contributed by atoms with Gasteiger partial charge in [-0.2, -0.15) is 18.4 Å². The van der Waals surface area contributed by atoms with Crippen LogP contribution >= 0.6 is 0 Å². The van der Waals surface area contributed by atoms with Crippen LogP contribution in [0.25, 0.3) is 22.3 Å². The second-order valence-corrected chi connectivity index (χ2v) is 7.28. The molecule has 2 aromatic heterocycles. The first kappa shape index (κ1) is 20.4. The highest BCUT2D eigenvalue weighted by Crippen LogP contribution is 2.38. The molecule has 0 spiro atoms. The Hall–Kier alpha value is -3.87. The summed E-state index contributed by atoms with van der Waals surface area (Å²) in [5.41, 5.74) is -0.631. The normalized spacial score (nSPS) is 16.0. The Kier molecular flexibility index (Phi) is 4.89. The fourth-order valence-corrected chi connectivity index (χ4v) is 3.42. The standard InChI is InChI=1S/C21H16F3N5O2/c1-11-6-7-29(11)20(31)19(30)28-17-5-3-13-9-16(26-18(13)27-17)14-8-12(10-25)2-4-15(14)21(22,23)24/h2-5,8-9,11H,6-7H2,1H3,(H2,26,27,28,30). The Bertz CT molecular complexity index is 1240. The lowest BCUT2D eigenvalue weighted by Crippen LogP contribution is -2.53. The van der Waals surface area contributed by atoms with Gasteiger partial charge in [-0.15, -0.1) is 0 Å². The second kappa shape index (κ2) is 7.43. The fourth-order valence-electron chi connectivity index (χ4n) is 3.42. The molecule has 2 amide bonds. The SMILES string of the molecule is CC1CCN1C(=O)C(=O)Nc1ccc2cc(-c3cc(C#N)ccc3C(F)(F)F)[nH]c2n1. The highest BCUT2D eigenvalue weighted by molar-refractivity contribution is 6.39. The number of benzene rings is 1. The van der Waals surface area contributed by atoms with Crippen LogP contribution in [0.15, 0.2) is 36.4 Å². The monoisotopic (exact) mass is 427 g/mol. The molecule has 0 radical (unpaired) electrons. The maximum atomic E-state index is 13.4. The van der Waals surface area contributed by atoms with Crippen molar-refractivity contribution in [2.75, 3.05) is 11.9 Å². The molecule has 3 heterocycles. The second-order valence-electron chi connectivity index (χ2n) is 7.28. The minimum atomic E-state index is -4.61. The van der Waals surface area contributed by atoms with Crippen molar-refractivity contribution in [3.8, 4) is 17.3 Å². The first-order valence-corrected chi connectivity index (χ1v) is 9.41. The number of nitrogens with zero attached hydrogens (tertiary/aromatic N) is 3. The molecule has 31 heavy (non-hydrogen) atoms. The lowest BCUT2D eigenvalue weighted by molar-refractivity contribution is -0.148. The zero-order valence-electron chi connectivity index (χ0n) is 16.2. The third-order valence-electron chi connectivity index (χ3n) is 5.24. The molecule has 0 bridgehead atoms. The van der Waals surface area contributed by atoms with E-state index < -0.39 is 23.6 Å². The van der Waals surface area contributed by atoms with Crippen LogP contribution in [-0.4, -0.2) is 39.3 Å². The van der Waals surface area contributed by atoms with Gasteiger partial charge in [0.05, 0.1) is 17.2 Å². The quantitative estimate of drug-likeness (QED) is 0.609. The average Bonchev–Trinajstić information content (AvgIpc) is 3.14. The Morgan fingerprint density at radius 2 is 2.03 bits per heavy atom. The number of hydrogen-bond donors (Lipinski definition) is 2. The summed E-state index contributed by atoms with van der Waals surface area (Å²) < 4.78 is 40.3. The molecule has 1 aromatic carbocycles. The van der Waals surface area contributed by atoms with Crippen molar-refractivity contribution in [3.05, 3.63) is 47.5 Å². The van der Waals surface area contributed by atoms with Gasteiger partial charge in [0.25, 0.3) is 0 Å². The van der Waals surface area contributed by atoms with E-state index in [1.54, 1.807) is 6.07 Å². The highest BCUT2D eigenvalue weighted by atomic mass is 19.4. The summed E-state index contributed by atoms with van der Waals surface area (Å²) in [6.45, 7) is 2.36. The summed E-state index contributed by atoms with van der Waals surface area (Å²) in [4.78, 5) is 32.7. The van der Waals surface area contributed by atoms with Gasteiger partial charge in [-0.25, -0.2) is 4.98 Å². The van der Waals surface area contributed by atoms with E-state index in [4.69, 9.17) is 5.26 Å². The molecule has 1 aliphatic rings. The summed E-state index contributed by atoms with van der Waals surface area (Å²) in [6.07, 6.45) is -3.77. The molecule has 3 aromatic rings. The van der Waals surface area contributed by atoms with Crippen LogP contribution in [0.2, 0.25) is 0 Å². The van der Waals surface area contributed by atoms with Crippen molar-refractivity contribution in [2.45, 2.75) is 25.6 Å². The number of fused-ring (bicyclic) bond motifs is 1. The number of aromatic nitrogens is 2. The highest BCUT2D eigenvalue weighted by Gasteiger charge is 2.34. The van der Waals surface area contributed by atoms with Gasteiger partial charge in [0.1, 0.15) is 11.5 Å². The van der Waals surface area contributed by atoms with E-state index in [2.05, 4.69) is 15.3 Å². The van der Waals surface area contributed by atoms with Gasteiger partial charge >= 0.3 is 18.0 Å². The first-order chi connectivity index (χ1) is 14.7. The zero-order valence-corrected chi connectivity index (χ0v) is 16.2. The number of hydrogen-bond acceptors (Lipinski definition) is 4. The third kappa shape index (κ3) is 3.82. The van der Waals surface area contributed by atoms with Gasteiger partial charge in [-0.05, 0) is 49.7 Å². The van der Waals surface area contributed by atoms with Crippen LogP contribution in [0.3, 0.4) is 0 Å². The van der Waals surface area contributed by atoms with E-state index in [0.717, 1.165) is 24.6 Å². The molecule has 158 valence electrons. The van der Waals surface area contributed by atoms with Crippen molar-refractivity contribution < 1.29 is 22.8 Å². The Balaban J connectivity index is 1.65. The van der Waals surface area contributed by atoms with Gasteiger partial charge in [0.15, 0.2) is 0 Å². The molecule has 1 saturated heterocycles. The molecule has 1 unspecified atom stereocenters. The molecule has 1 fully saturated rings. The Morgan fingerprint density at radius 1 is 1.26 bits per heavy atom. The van der Waals surface area contributed by atoms with Crippen LogP contribution in [0.5, 0.6) is 0 Å². The molecular formula is C21H16F3N5O2. The minimum Gasteiger partial charge on any atom is -0.339 e. The molecule has 4 rings (SSSR count). The van der Waals surface area contributed by atoms with Crippen LogP contribution in [0.1, 0.15) is 24.5 Å². The molecular weight excluding hydrogens is 411 g/mol. The predicted octanol–water partition coefficient (Wildman–Crippen LogP) is 3.68. The minimum absolute atomic E-state index is 0.00616. The third-order valence-corrected chi connectivity index (χ3v) is 5.24. The lowest BCUT2D eigenvalue weighted by Gasteiger charge is -2.37. The molecule has 1 aliphatic heterocycles. The zero-order chi connectivity index (χ0) is 22.3. The Morgan fingerprint density at radius 3 is 2.65 bits per heavy atom. The van der Waals surface area contributed by atoms with E-state index in [-0.39, 0.29) is 34.3 Å². The van der Waals surface area contributed by atoms with Crippen LogP contribution in [0.4, 0.5) is 19.0 Å². The molecule has 0 aliphatic carbocycles. The maximum Gasteiger partial charge on any atom is 0.417 e. The number of carbonyl (C=O) groups is 2. The van der Waals surface area contributed by atoms with Crippen molar-refractivity contribution in [1.82, 2.24) is 14.9 Å². The van der Waals surface area contributed by atoms with Gasteiger partial charge in [0, 0.05) is 29.2 Å². The fraction of sp³-hybridized carbons (Fsp3) is 0.238. The predicted molar refractivity (Wildman–Crippen MR) is 106 cm³/mol. The van der Waals surface area contributed by atoms with Crippen LogP contribution < -0.4 is 5.32 Å². The number of aromatic amines is 1. The Labute approximate surface area is 174 Å². The van der Waals surface area contributed by atoms with Gasteiger partial charge < -0.3 is 15.2 Å². The number of likely N-dealkylation sites (tertiary alicyclic amines) is 1. The smallest absolute Gasteiger partial charge is 0.339 e. The van der Waals surface area contributed by atoms with Crippen LogP contribution in [0, 0.1) is 11.3 Å². The number of nitrogens with one attached hydrogen (secondary N) is 2. The van der Waals surface area contributed by atoms with E-state index in [1.165, 1.54) is 17.0 Å². The average molecular weight is 427 g/mol. The number of nitriles is 1. The summed E-state index contributed by atoms with van der Waals surface area (Å²) in [5.74, 6) is -1.39. The van der Waals surface area contributed by atoms with E-state index >= 15 is 0 Å². The number of halogens is 3. The molecule has 7 nitrogen and oxygen atoms in total. The number of H-pyrrole nitrogens is 1. The molecule has 2 N–H and O–H groups in total. The summed E-state index contributed by atoms with van der Waals surface area (Å²) in [6, 6.07) is 9.47. The number of rotatable bonds is 2. The topological polar surface area (TPSA) is 102 Å².